The van der Waals surface area contributed by atoms with E-state index in [0.29, 0.717) is 5.54 Å². The monoisotopic (exact) mass is 222 g/mol. The van der Waals surface area contributed by atoms with Gasteiger partial charge in [-0.1, -0.05) is 12.8 Å². The van der Waals surface area contributed by atoms with Crippen molar-refractivity contribution in [2.45, 2.75) is 37.8 Å². The first-order valence-electron chi connectivity index (χ1n) is 6.08. The van der Waals surface area contributed by atoms with Gasteiger partial charge in [0.15, 0.2) is 0 Å². The topological polar surface area (TPSA) is 44.0 Å². The van der Waals surface area contributed by atoms with Crippen molar-refractivity contribution in [2.24, 2.45) is 0 Å². The molecule has 0 unspecified atom stereocenters. The zero-order chi connectivity index (χ0) is 11.4. The van der Waals surface area contributed by atoms with Crippen molar-refractivity contribution < 1.29 is 0 Å². The third-order valence-corrected chi connectivity index (χ3v) is 3.81. The van der Waals surface area contributed by atoms with Crippen LogP contribution in [-0.4, -0.2) is 41.0 Å². The minimum atomic E-state index is 0.375. The van der Waals surface area contributed by atoms with E-state index in [1.807, 2.05) is 6.20 Å². The Kier molecular flexibility index (Phi) is 3.61. The third kappa shape index (κ3) is 2.44. The van der Waals surface area contributed by atoms with Crippen LogP contribution in [0.25, 0.3) is 0 Å². The smallest absolute Gasteiger partial charge is 0.0922 e. The van der Waals surface area contributed by atoms with Crippen LogP contribution in [-0.2, 0) is 6.54 Å². The van der Waals surface area contributed by atoms with Gasteiger partial charge in [0.1, 0.15) is 0 Å². The Bertz CT molecular complexity index is 299. The fourth-order valence-corrected chi connectivity index (χ4v) is 2.63. The second-order valence-corrected chi connectivity index (χ2v) is 5.01. The second kappa shape index (κ2) is 4.97. The normalized spacial score (nSPS) is 19.4. The molecular formula is C12H22N4. The molecule has 0 spiro atoms. The maximum Gasteiger partial charge on any atom is 0.0922 e. The van der Waals surface area contributed by atoms with Gasteiger partial charge in [-0.05, 0) is 26.9 Å². The lowest BCUT2D eigenvalue weighted by Crippen LogP contribution is -2.49. The zero-order valence-corrected chi connectivity index (χ0v) is 10.3. The largest absolute Gasteiger partial charge is 0.347 e. The number of aromatic amines is 1. The van der Waals surface area contributed by atoms with Gasteiger partial charge in [-0.25, -0.2) is 4.98 Å². The number of hydrogen-bond donors (Lipinski definition) is 2. The summed E-state index contributed by atoms with van der Waals surface area (Å²) in [5, 5.41) is 3.54. The SMILES string of the molecule is CN(C)C1(CNCc2cnc[nH]2)CCCC1. The van der Waals surface area contributed by atoms with E-state index >= 15 is 0 Å². The van der Waals surface area contributed by atoms with Crippen molar-refractivity contribution in [3.8, 4) is 0 Å². The first kappa shape index (κ1) is 11.6. The molecule has 0 amide bonds. The molecule has 0 saturated heterocycles. The first-order valence-corrected chi connectivity index (χ1v) is 6.08. The highest BCUT2D eigenvalue weighted by molar-refractivity contribution is 4.97. The van der Waals surface area contributed by atoms with Gasteiger partial charge in [-0.15, -0.1) is 0 Å². The van der Waals surface area contributed by atoms with Crippen LogP contribution in [0.5, 0.6) is 0 Å². The second-order valence-electron chi connectivity index (χ2n) is 5.01. The van der Waals surface area contributed by atoms with E-state index in [4.69, 9.17) is 0 Å². The lowest BCUT2D eigenvalue weighted by Gasteiger charge is -2.36. The van der Waals surface area contributed by atoms with Crippen molar-refractivity contribution >= 4 is 0 Å². The molecule has 0 aromatic carbocycles. The maximum absolute atomic E-state index is 4.02. The molecule has 0 bridgehead atoms. The quantitative estimate of drug-likeness (QED) is 0.791. The molecule has 2 rings (SSSR count). The number of likely N-dealkylation sites (N-methyl/N-ethyl adjacent to an activating group) is 1. The Balaban J connectivity index is 1.83. The van der Waals surface area contributed by atoms with Gasteiger partial charge in [0.2, 0.25) is 0 Å². The van der Waals surface area contributed by atoms with Crippen LogP contribution < -0.4 is 5.32 Å². The van der Waals surface area contributed by atoms with Gasteiger partial charge in [0, 0.05) is 30.5 Å². The van der Waals surface area contributed by atoms with Gasteiger partial charge >= 0.3 is 0 Å². The fraction of sp³-hybridized carbons (Fsp3) is 0.750. The summed E-state index contributed by atoms with van der Waals surface area (Å²) in [6.45, 7) is 1.95. The van der Waals surface area contributed by atoms with Crippen LogP contribution in [0.4, 0.5) is 0 Å². The molecule has 2 N–H and O–H groups in total. The number of hydrogen-bond acceptors (Lipinski definition) is 3. The molecule has 1 fully saturated rings. The molecule has 0 radical (unpaired) electrons. The number of rotatable bonds is 5. The molecule has 1 aromatic rings. The summed E-state index contributed by atoms with van der Waals surface area (Å²) in [6, 6.07) is 0. The van der Waals surface area contributed by atoms with E-state index in [1.165, 1.54) is 25.7 Å². The predicted molar refractivity (Wildman–Crippen MR) is 65.2 cm³/mol. The van der Waals surface area contributed by atoms with Gasteiger partial charge in [-0.2, -0.15) is 0 Å². The molecule has 1 aromatic heterocycles. The van der Waals surface area contributed by atoms with Crippen molar-refractivity contribution in [2.75, 3.05) is 20.6 Å². The van der Waals surface area contributed by atoms with E-state index in [-0.39, 0.29) is 0 Å². The molecule has 1 aliphatic rings. The summed E-state index contributed by atoms with van der Waals surface area (Å²) in [5.41, 5.74) is 1.53. The lowest BCUT2D eigenvalue weighted by molar-refractivity contribution is 0.153. The summed E-state index contributed by atoms with van der Waals surface area (Å²) >= 11 is 0. The molecule has 1 heterocycles. The molecule has 4 heteroatoms. The molecule has 1 saturated carbocycles. The summed E-state index contributed by atoms with van der Waals surface area (Å²) in [4.78, 5) is 9.52. The Morgan fingerprint density at radius 2 is 2.19 bits per heavy atom. The number of aromatic nitrogens is 2. The zero-order valence-electron chi connectivity index (χ0n) is 10.3. The average Bonchev–Trinajstić information content (AvgIpc) is 2.88. The van der Waals surface area contributed by atoms with E-state index in [0.717, 1.165) is 18.8 Å². The number of H-pyrrole nitrogens is 1. The van der Waals surface area contributed by atoms with E-state index in [2.05, 4.69) is 34.3 Å². The maximum atomic E-state index is 4.02. The predicted octanol–water partition coefficient (Wildman–Crippen LogP) is 1.37. The van der Waals surface area contributed by atoms with Crippen molar-refractivity contribution in [1.29, 1.82) is 0 Å². The molecule has 0 atom stereocenters. The minimum Gasteiger partial charge on any atom is -0.347 e. The molecular weight excluding hydrogens is 200 g/mol. The van der Waals surface area contributed by atoms with Gasteiger partial charge in [-0.3, -0.25) is 0 Å². The molecule has 0 aliphatic heterocycles. The van der Waals surface area contributed by atoms with Gasteiger partial charge < -0.3 is 15.2 Å². The van der Waals surface area contributed by atoms with Crippen LogP contribution in [0.15, 0.2) is 12.5 Å². The van der Waals surface area contributed by atoms with Crippen molar-refractivity contribution in [3.05, 3.63) is 18.2 Å². The summed E-state index contributed by atoms with van der Waals surface area (Å²) in [6.07, 6.45) is 8.97. The third-order valence-electron chi connectivity index (χ3n) is 3.81. The van der Waals surface area contributed by atoms with E-state index in [9.17, 15) is 0 Å². The average molecular weight is 222 g/mol. The summed E-state index contributed by atoms with van der Waals surface area (Å²) in [7, 11) is 4.40. The number of nitrogens with one attached hydrogen (secondary N) is 2. The van der Waals surface area contributed by atoms with Crippen LogP contribution in [0.2, 0.25) is 0 Å². The van der Waals surface area contributed by atoms with Gasteiger partial charge in [0.05, 0.1) is 6.33 Å². The lowest BCUT2D eigenvalue weighted by atomic mass is 9.96. The minimum absolute atomic E-state index is 0.375. The van der Waals surface area contributed by atoms with Gasteiger partial charge in [0.25, 0.3) is 0 Å². The van der Waals surface area contributed by atoms with Crippen molar-refractivity contribution in [3.63, 3.8) is 0 Å². The Morgan fingerprint density at radius 1 is 1.44 bits per heavy atom. The summed E-state index contributed by atoms with van der Waals surface area (Å²) < 4.78 is 0. The Morgan fingerprint density at radius 3 is 2.75 bits per heavy atom. The number of nitrogens with zero attached hydrogens (tertiary/aromatic N) is 2. The number of imidazole rings is 1. The van der Waals surface area contributed by atoms with E-state index < -0.39 is 0 Å². The molecule has 1 aliphatic carbocycles. The van der Waals surface area contributed by atoms with Crippen LogP contribution in [0.3, 0.4) is 0 Å². The van der Waals surface area contributed by atoms with Crippen molar-refractivity contribution in [1.82, 2.24) is 20.2 Å². The highest BCUT2D eigenvalue weighted by Gasteiger charge is 2.35. The van der Waals surface area contributed by atoms with Crippen LogP contribution >= 0.6 is 0 Å². The molecule has 4 nitrogen and oxygen atoms in total. The van der Waals surface area contributed by atoms with Crippen LogP contribution in [0, 0.1) is 0 Å². The van der Waals surface area contributed by atoms with Crippen LogP contribution in [0.1, 0.15) is 31.4 Å². The standard InChI is InChI=1S/C12H22N4/c1-16(2)12(5-3-4-6-12)9-13-7-11-8-14-10-15-11/h8,10,13H,3-7,9H2,1-2H3,(H,14,15). The molecule has 90 valence electrons. The highest BCUT2D eigenvalue weighted by Crippen LogP contribution is 2.33. The fourth-order valence-electron chi connectivity index (χ4n) is 2.63. The Hall–Kier alpha value is -0.870. The first-order chi connectivity index (χ1) is 7.73. The van der Waals surface area contributed by atoms with E-state index in [1.54, 1.807) is 6.33 Å². The Labute approximate surface area is 97.4 Å². The molecule has 16 heavy (non-hydrogen) atoms. The highest BCUT2D eigenvalue weighted by atomic mass is 15.2. The summed E-state index contributed by atoms with van der Waals surface area (Å²) in [5.74, 6) is 0.